The molecule has 2 nitrogen and oxygen atoms in total. The highest BCUT2D eigenvalue weighted by Gasteiger charge is 2.18. The number of rotatable bonds is 3. The molecule has 17 heavy (non-hydrogen) atoms. The third-order valence-electron chi connectivity index (χ3n) is 3.27. The van der Waals surface area contributed by atoms with Crippen LogP contribution in [0, 0.1) is 5.82 Å². The van der Waals surface area contributed by atoms with Gasteiger partial charge in [-0.3, -0.25) is 4.79 Å². The first kappa shape index (κ1) is 12.2. The zero-order valence-corrected chi connectivity index (χ0v) is 9.92. The lowest BCUT2D eigenvalue weighted by Gasteiger charge is -2.14. The van der Waals surface area contributed by atoms with E-state index in [0.29, 0.717) is 6.42 Å². The van der Waals surface area contributed by atoms with Crippen LogP contribution >= 0.6 is 0 Å². The Morgan fingerprint density at radius 1 is 1.29 bits per heavy atom. The monoisotopic (exact) mass is 235 g/mol. The SMILES string of the molecule is O=C(CC1CCCCCN1)c1ccccc1F. The number of Topliss-reactive ketones (excluding diaryl/α,β-unsaturated/α-hetero) is 1. The minimum atomic E-state index is -0.411. The van der Waals surface area contributed by atoms with Crippen molar-refractivity contribution in [3.05, 3.63) is 35.6 Å². The highest BCUT2D eigenvalue weighted by Crippen LogP contribution is 2.15. The highest BCUT2D eigenvalue weighted by molar-refractivity contribution is 5.96. The Bertz CT molecular complexity index is 384. The Hall–Kier alpha value is -1.22. The average molecular weight is 235 g/mol. The quantitative estimate of drug-likeness (QED) is 0.816. The average Bonchev–Trinajstić information content (AvgIpc) is 2.58. The van der Waals surface area contributed by atoms with E-state index >= 15 is 0 Å². The fourth-order valence-electron chi connectivity index (χ4n) is 2.30. The number of nitrogens with one attached hydrogen (secondary N) is 1. The number of halogens is 1. The molecule has 1 fully saturated rings. The van der Waals surface area contributed by atoms with Crippen molar-refractivity contribution in [2.45, 2.75) is 38.1 Å². The first-order chi connectivity index (χ1) is 8.27. The molecule has 0 aromatic heterocycles. The van der Waals surface area contributed by atoms with E-state index in [0.717, 1.165) is 19.4 Å². The lowest BCUT2D eigenvalue weighted by Crippen LogP contribution is -2.30. The van der Waals surface area contributed by atoms with Gasteiger partial charge in [0.1, 0.15) is 5.82 Å². The maximum Gasteiger partial charge on any atom is 0.167 e. The predicted octanol–water partition coefficient (Wildman–Crippen LogP) is 2.93. The molecule has 1 aromatic carbocycles. The van der Waals surface area contributed by atoms with E-state index in [1.54, 1.807) is 18.2 Å². The Balaban J connectivity index is 1.98. The minimum Gasteiger partial charge on any atom is -0.314 e. The standard InChI is InChI=1S/C14H18FNO/c15-13-8-4-3-7-12(13)14(17)10-11-6-2-1-5-9-16-11/h3-4,7-8,11,16H,1-2,5-6,9-10H2. The summed E-state index contributed by atoms with van der Waals surface area (Å²) in [4.78, 5) is 12.0. The third-order valence-corrected chi connectivity index (χ3v) is 3.27. The summed E-state index contributed by atoms with van der Waals surface area (Å²) >= 11 is 0. The van der Waals surface area contributed by atoms with Gasteiger partial charge in [-0.05, 0) is 31.5 Å². The number of ketones is 1. The lowest BCUT2D eigenvalue weighted by atomic mass is 10.0. The van der Waals surface area contributed by atoms with Crippen LogP contribution in [0.4, 0.5) is 4.39 Å². The number of hydrogen-bond acceptors (Lipinski definition) is 2. The first-order valence-corrected chi connectivity index (χ1v) is 6.28. The van der Waals surface area contributed by atoms with Crippen molar-refractivity contribution in [2.75, 3.05) is 6.54 Å². The Labute approximate surface area is 101 Å². The molecule has 1 aromatic rings. The van der Waals surface area contributed by atoms with Crippen LogP contribution in [0.15, 0.2) is 24.3 Å². The largest absolute Gasteiger partial charge is 0.314 e. The molecule has 3 heteroatoms. The zero-order chi connectivity index (χ0) is 12.1. The fraction of sp³-hybridized carbons (Fsp3) is 0.500. The molecule has 1 saturated heterocycles. The van der Waals surface area contributed by atoms with Crippen LogP contribution < -0.4 is 5.32 Å². The van der Waals surface area contributed by atoms with Crippen LogP contribution in [0.2, 0.25) is 0 Å². The molecule has 92 valence electrons. The Kier molecular flexibility index (Phi) is 4.26. The van der Waals surface area contributed by atoms with E-state index in [-0.39, 0.29) is 17.4 Å². The molecule has 0 radical (unpaired) electrons. The van der Waals surface area contributed by atoms with Crippen LogP contribution in [-0.2, 0) is 0 Å². The predicted molar refractivity (Wildman–Crippen MR) is 65.6 cm³/mol. The van der Waals surface area contributed by atoms with E-state index in [4.69, 9.17) is 0 Å². The molecule has 1 unspecified atom stereocenters. The molecule has 1 N–H and O–H groups in total. The van der Waals surface area contributed by atoms with Crippen molar-refractivity contribution >= 4 is 5.78 Å². The second-order valence-corrected chi connectivity index (χ2v) is 4.61. The van der Waals surface area contributed by atoms with Crippen LogP contribution in [0.5, 0.6) is 0 Å². The van der Waals surface area contributed by atoms with Gasteiger partial charge < -0.3 is 5.32 Å². The smallest absolute Gasteiger partial charge is 0.167 e. The summed E-state index contributed by atoms with van der Waals surface area (Å²) in [6.45, 7) is 0.967. The normalized spacial score (nSPS) is 20.9. The van der Waals surface area contributed by atoms with Gasteiger partial charge in [-0.2, -0.15) is 0 Å². The molecule has 1 aliphatic rings. The second kappa shape index (κ2) is 5.92. The fourth-order valence-corrected chi connectivity index (χ4v) is 2.30. The molecule has 0 spiro atoms. The van der Waals surface area contributed by atoms with Gasteiger partial charge in [-0.15, -0.1) is 0 Å². The zero-order valence-electron chi connectivity index (χ0n) is 9.92. The summed E-state index contributed by atoms with van der Waals surface area (Å²) in [7, 11) is 0. The van der Waals surface area contributed by atoms with Crippen molar-refractivity contribution in [3.63, 3.8) is 0 Å². The summed E-state index contributed by atoms with van der Waals surface area (Å²) in [5, 5.41) is 3.36. The van der Waals surface area contributed by atoms with Gasteiger partial charge >= 0.3 is 0 Å². The number of carbonyl (C=O) groups is 1. The number of carbonyl (C=O) groups excluding carboxylic acids is 1. The third kappa shape index (κ3) is 3.37. The van der Waals surface area contributed by atoms with Crippen molar-refractivity contribution < 1.29 is 9.18 Å². The van der Waals surface area contributed by atoms with E-state index in [1.807, 2.05) is 0 Å². The summed E-state index contributed by atoms with van der Waals surface area (Å²) < 4.78 is 13.4. The highest BCUT2D eigenvalue weighted by atomic mass is 19.1. The molecule has 0 amide bonds. The van der Waals surface area contributed by atoms with Crippen molar-refractivity contribution in [2.24, 2.45) is 0 Å². The molecule has 1 aliphatic heterocycles. The van der Waals surface area contributed by atoms with Crippen molar-refractivity contribution in [3.8, 4) is 0 Å². The van der Waals surface area contributed by atoms with Crippen molar-refractivity contribution in [1.82, 2.24) is 5.32 Å². The topological polar surface area (TPSA) is 29.1 Å². The molecule has 1 heterocycles. The molecule has 0 saturated carbocycles. The van der Waals surface area contributed by atoms with Gasteiger partial charge in [0.25, 0.3) is 0 Å². The maximum atomic E-state index is 13.4. The number of benzene rings is 1. The minimum absolute atomic E-state index is 0.0949. The van der Waals surface area contributed by atoms with Gasteiger partial charge in [0.2, 0.25) is 0 Å². The molecular weight excluding hydrogens is 217 g/mol. The van der Waals surface area contributed by atoms with Crippen LogP contribution in [-0.4, -0.2) is 18.4 Å². The second-order valence-electron chi connectivity index (χ2n) is 4.61. The molecular formula is C14H18FNO. The van der Waals surface area contributed by atoms with Crippen LogP contribution in [0.3, 0.4) is 0 Å². The number of hydrogen-bond donors (Lipinski definition) is 1. The van der Waals surface area contributed by atoms with Gasteiger partial charge in [-0.1, -0.05) is 25.0 Å². The van der Waals surface area contributed by atoms with Gasteiger partial charge in [0.05, 0.1) is 5.56 Å². The lowest BCUT2D eigenvalue weighted by molar-refractivity contribution is 0.0964. The van der Waals surface area contributed by atoms with E-state index in [1.165, 1.54) is 18.9 Å². The molecule has 2 rings (SSSR count). The Morgan fingerprint density at radius 3 is 2.94 bits per heavy atom. The van der Waals surface area contributed by atoms with Crippen molar-refractivity contribution in [1.29, 1.82) is 0 Å². The van der Waals surface area contributed by atoms with E-state index in [9.17, 15) is 9.18 Å². The van der Waals surface area contributed by atoms with E-state index < -0.39 is 5.82 Å². The summed E-state index contributed by atoms with van der Waals surface area (Å²) in [6, 6.07) is 6.43. The van der Waals surface area contributed by atoms with Gasteiger partial charge in [0, 0.05) is 12.5 Å². The van der Waals surface area contributed by atoms with Gasteiger partial charge in [-0.25, -0.2) is 4.39 Å². The van der Waals surface area contributed by atoms with E-state index in [2.05, 4.69) is 5.32 Å². The maximum absolute atomic E-state index is 13.4. The Morgan fingerprint density at radius 2 is 2.12 bits per heavy atom. The molecule has 0 bridgehead atoms. The van der Waals surface area contributed by atoms with Crippen LogP contribution in [0.25, 0.3) is 0 Å². The summed E-state index contributed by atoms with van der Waals surface area (Å²) in [5.41, 5.74) is 0.221. The summed E-state index contributed by atoms with van der Waals surface area (Å²) in [6.07, 6.45) is 4.96. The van der Waals surface area contributed by atoms with Gasteiger partial charge in [0.15, 0.2) is 5.78 Å². The molecule has 1 atom stereocenters. The molecule has 0 aliphatic carbocycles. The first-order valence-electron chi connectivity index (χ1n) is 6.28. The van der Waals surface area contributed by atoms with Crippen LogP contribution in [0.1, 0.15) is 42.5 Å². The summed E-state index contributed by atoms with van der Waals surface area (Å²) in [5.74, 6) is -0.506.